The van der Waals surface area contributed by atoms with E-state index in [1.54, 1.807) is 4.52 Å². The zero-order valence-electron chi connectivity index (χ0n) is 15.1. The lowest BCUT2D eigenvalue weighted by atomic mass is 9.89. The minimum Gasteiger partial charge on any atom is -0.326 e. The Morgan fingerprint density at radius 3 is 2.56 bits per heavy atom. The molecule has 140 valence electrons. The number of nitrogens with one attached hydrogen (secondary N) is 2. The Hall–Kier alpha value is -2.74. The van der Waals surface area contributed by atoms with Crippen molar-refractivity contribution in [1.82, 2.24) is 14.6 Å². The summed E-state index contributed by atoms with van der Waals surface area (Å²) in [6, 6.07) is 7.55. The minimum atomic E-state index is -0.102. The average Bonchev–Trinajstić information content (AvgIpc) is 3.23. The summed E-state index contributed by atoms with van der Waals surface area (Å²) in [4.78, 5) is 28.7. The molecule has 1 aliphatic carbocycles. The Morgan fingerprint density at radius 1 is 1.11 bits per heavy atom. The van der Waals surface area contributed by atoms with Gasteiger partial charge in [-0.2, -0.15) is 4.98 Å². The highest BCUT2D eigenvalue weighted by atomic mass is 32.1. The summed E-state index contributed by atoms with van der Waals surface area (Å²) in [7, 11) is 0. The van der Waals surface area contributed by atoms with E-state index in [1.807, 2.05) is 29.6 Å². The molecule has 0 unspecified atom stereocenters. The zero-order chi connectivity index (χ0) is 18.8. The topological polar surface area (TPSA) is 88.4 Å². The lowest BCUT2D eigenvalue weighted by Gasteiger charge is -2.19. The molecule has 0 radical (unpaired) electrons. The largest absolute Gasteiger partial charge is 0.326 e. The van der Waals surface area contributed by atoms with E-state index in [-0.39, 0.29) is 17.7 Å². The van der Waals surface area contributed by atoms with Crippen molar-refractivity contribution in [2.75, 3.05) is 10.6 Å². The second-order valence-electron chi connectivity index (χ2n) is 6.83. The fourth-order valence-electron chi connectivity index (χ4n) is 3.44. The highest BCUT2D eigenvalue weighted by Crippen LogP contribution is 2.28. The summed E-state index contributed by atoms with van der Waals surface area (Å²) < 4.78 is 1.74. The van der Waals surface area contributed by atoms with Gasteiger partial charge in [-0.25, -0.2) is 4.52 Å². The van der Waals surface area contributed by atoms with Crippen molar-refractivity contribution in [1.29, 1.82) is 0 Å². The molecular formula is C19H21N5O2S. The van der Waals surface area contributed by atoms with Crippen LogP contribution in [-0.2, 0) is 9.59 Å². The Kier molecular flexibility index (Phi) is 4.89. The standard InChI is InChI=1S/C19H21N5O2S/c1-12(25)20-15-9-7-13(8-10-15)16-11-27-19-22-18(23-24(16)19)21-17(26)14-5-3-2-4-6-14/h7-11,14H,2-6H2,1H3,(H,20,25)(H,21,23,26). The molecule has 0 saturated heterocycles. The predicted molar refractivity (Wildman–Crippen MR) is 106 cm³/mol. The first-order valence-electron chi connectivity index (χ1n) is 9.13. The molecule has 0 aliphatic heterocycles. The van der Waals surface area contributed by atoms with Crippen molar-refractivity contribution in [3.8, 4) is 11.3 Å². The Balaban J connectivity index is 1.53. The van der Waals surface area contributed by atoms with E-state index >= 15 is 0 Å². The number of aromatic nitrogens is 3. The first-order valence-corrected chi connectivity index (χ1v) is 10.0. The van der Waals surface area contributed by atoms with Crippen LogP contribution in [0, 0.1) is 5.92 Å². The van der Waals surface area contributed by atoms with Gasteiger partial charge in [0.25, 0.3) is 0 Å². The molecule has 7 nitrogen and oxygen atoms in total. The maximum atomic E-state index is 12.4. The van der Waals surface area contributed by atoms with Crippen molar-refractivity contribution in [2.24, 2.45) is 5.92 Å². The van der Waals surface area contributed by atoms with Gasteiger partial charge >= 0.3 is 0 Å². The SMILES string of the molecule is CC(=O)Nc1ccc(-c2csc3nc(NC(=O)C4CCCCC4)nn23)cc1. The molecule has 0 atom stereocenters. The van der Waals surface area contributed by atoms with Crippen LogP contribution in [0.3, 0.4) is 0 Å². The zero-order valence-corrected chi connectivity index (χ0v) is 15.9. The summed E-state index contributed by atoms with van der Waals surface area (Å²) >= 11 is 1.48. The molecule has 1 saturated carbocycles. The number of rotatable bonds is 4. The third-order valence-electron chi connectivity index (χ3n) is 4.79. The van der Waals surface area contributed by atoms with Gasteiger partial charge in [0.2, 0.25) is 22.7 Å². The number of amides is 2. The number of hydrogen-bond acceptors (Lipinski definition) is 5. The monoisotopic (exact) mass is 383 g/mol. The van der Waals surface area contributed by atoms with E-state index in [2.05, 4.69) is 20.7 Å². The Labute approximate surface area is 160 Å². The van der Waals surface area contributed by atoms with Crippen LogP contribution in [0.25, 0.3) is 16.2 Å². The third-order valence-corrected chi connectivity index (χ3v) is 5.61. The van der Waals surface area contributed by atoms with Crippen molar-refractivity contribution < 1.29 is 9.59 Å². The number of hydrogen-bond donors (Lipinski definition) is 2. The molecule has 3 aromatic rings. The van der Waals surface area contributed by atoms with Gasteiger partial charge in [0, 0.05) is 29.5 Å². The van der Waals surface area contributed by atoms with Crippen LogP contribution in [0.1, 0.15) is 39.0 Å². The van der Waals surface area contributed by atoms with Gasteiger partial charge in [-0.05, 0) is 25.0 Å². The first kappa shape index (κ1) is 17.7. The molecule has 2 aromatic heterocycles. The molecule has 2 N–H and O–H groups in total. The van der Waals surface area contributed by atoms with Crippen molar-refractivity contribution in [3.63, 3.8) is 0 Å². The van der Waals surface area contributed by atoms with Crippen molar-refractivity contribution >= 4 is 39.7 Å². The second-order valence-corrected chi connectivity index (χ2v) is 7.67. The molecule has 1 aliphatic rings. The lowest BCUT2D eigenvalue weighted by molar-refractivity contribution is -0.120. The van der Waals surface area contributed by atoms with E-state index in [0.29, 0.717) is 5.95 Å². The Morgan fingerprint density at radius 2 is 1.85 bits per heavy atom. The number of carbonyl (C=O) groups is 2. The van der Waals surface area contributed by atoms with Crippen LogP contribution in [0.5, 0.6) is 0 Å². The van der Waals surface area contributed by atoms with E-state index in [0.717, 1.165) is 47.6 Å². The molecule has 1 aromatic carbocycles. The smallest absolute Gasteiger partial charge is 0.250 e. The quantitative estimate of drug-likeness (QED) is 0.714. The van der Waals surface area contributed by atoms with Crippen molar-refractivity contribution in [2.45, 2.75) is 39.0 Å². The summed E-state index contributed by atoms with van der Waals surface area (Å²) in [6.07, 6.45) is 5.33. The number of nitrogens with zero attached hydrogens (tertiary/aromatic N) is 3. The summed E-state index contributed by atoms with van der Waals surface area (Å²) in [5.74, 6) is 0.346. The van der Waals surface area contributed by atoms with Gasteiger partial charge in [-0.1, -0.05) is 31.4 Å². The van der Waals surface area contributed by atoms with Crippen LogP contribution in [-0.4, -0.2) is 26.4 Å². The molecule has 4 rings (SSSR count). The van der Waals surface area contributed by atoms with Gasteiger partial charge in [0.1, 0.15) is 0 Å². The van der Waals surface area contributed by atoms with Crippen LogP contribution < -0.4 is 10.6 Å². The van der Waals surface area contributed by atoms with E-state index < -0.39 is 0 Å². The van der Waals surface area contributed by atoms with Gasteiger partial charge in [0.05, 0.1) is 5.69 Å². The highest BCUT2D eigenvalue weighted by Gasteiger charge is 2.22. The normalized spacial score (nSPS) is 15.0. The van der Waals surface area contributed by atoms with E-state index in [1.165, 1.54) is 24.7 Å². The molecule has 2 amide bonds. The van der Waals surface area contributed by atoms with Crippen LogP contribution in [0.4, 0.5) is 11.6 Å². The highest BCUT2D eigenvalue weighted by molar-refractivity contribution is 7.15. The van der Waals surface area contributed by atoms with Crippen LogP contribution >= 0.6 is 11.3 Å². The number of carbonyl (C=O) groups excluding carboxylic acids is 2. The van der Waals surface area contributed by atoms with Crippen molar-refractivity contribution in [3.05, 3.63) is 29.6 Å². The minimum absolute atomic E-state index is 0.0224. The maximum Gasteiger partial charge on any atom is 0.250 e. The fourth-order valence-corrected chi connectivity index (χ4v) is 4.27. The molecule has 0 bridgehead atoms. The predicted octanol–water partition coefficient (Wildman–Crippen LogP) is 3.94. The summed E-state index contributed by atoms with van der Waals surface area (Å²) in [5.41, 5.74) is 2.61. The number of benzene rings is 1. The molecule has 0 spiro atoms. The molecule has 2 heterocycles. The fraction of sp³-hybridized carbons (Fsp3) is 0.368. The third kappa shape index (κ3) is 3.85. The van der Waals surface area contributed by atoms with Gasteiger partial charge in [0.15, 0.2) is 0 Å². The second kappa shape index (κ2) is 7.48. The number of anilines is 2. The summed E-state index contributed by atoms with van der Waals surface area (Å²) in [6.45, 7) is 1.48. The molecule has 27 heavy (non-hydrogen) atoms. The van der Waals surface area contributed by atoms with Gasteiger partial charge in [-0.3, -0.25) is 14.9 Å². The van der Waals surface area contributed by atoms with Crippen LogP contribution in [0.2, 0.25) is 0 Å². The van der Waals surface area contributed by atoms with Gasteiger partial charge < -0.3 is 5.32 Å². The number of thiazole rings is 1. The average molecular weight is 383 g/mol. The lowest BCUT2D eigenvalue weighted by Crippen LogP contribution is -2.25. The van der Waals surface area contributed by atoms with E-state index in [4.69, 9.17) is 0 Å². The molecular weight excluding hydrogens is 362 g/mol. The van der Waals surface area contributed by atoms with Gasteiger partial charge in [-0.15, -0.1) is 16.4 Å². The summed E-state index contributed by atoms with van der Waals surface area (Å²) in [5, 5.41) is 12.1. The first-order chi connectivity index (χ1) is 13.1. The molecule has 1 fully saturated rings. The Bertz CT molecular complexity index is 970. The van der Waals surface area contributed by atoms with E-state index in [9.17, 15) is 9.59 Å². The molecule has 8 heteroatoms. The number of fused-ring (bicyclic) bond motifs is 1. The van der Waals surface area contributed by atoms with Crippen LogP contribution in [0.15, 0.2) is 29.6 Å². The maximum absolute atomic E-state index is 12.4.